The summed E-state index contributed by atoms with van der Waals surface area (Å²) in [5.41, 5.74) is 1.13. The summed E-state index contributed by atoms with van der Waals surface area (Å²) in [4.78, 5) is 4.42. The van der Waals surface area contributed by atoms with Gasteiger partial charge < -0.3 is 10.6 Å². The highest BCUT2D eigenvalue weighted by Gasteiger charge is 2.16. The molecule has 0 spiro atoms. The van der Waals surface area contributed by atoms with Crippen LogP contribution >= 0.6 is 0 Å². The summed E-state index contributed by atoms with van der Waals surface area (Å²) in [6, 6.07) is 7.64. The second-order valence-corrected chi connectivity index (χ2v) is 5.78. The summed E-state index contributed by atoms with van der Waals surface area (Å²) in [6.45, 7) is 5.67. The zero-order chi connectivity index (χ0) is 13.5. The second kappa shape index (κ2) is 7.61. The predicted molar refractivity (Wildman–Crippen MR) is 80.1 cm³/mol. The third kappa shape index (κ3) is 4.92. The van der Waals surface area contributed by atoms with Gasteiger partial charge in [0.05, 0.1) is 5.69 Å². The van der Waals surface area contributed by atoms with Crippen LogP contribution in [0.25, 0.3) is 0 Å². The van der Waals surface area contributed by atoms with Crippen molar-refractivity contribution in [1.29, 1.82) is 0 Å². The molecular formula is C16H27N3. The van der Waals surface area contributed by atoms with Crippen molar-refractivity contribution in [2.45, 2.75) is 64.1 Å². The molecule has 1 aliphatic heterocycles. The lowest BCUT2D eigenvalue weighted by Crippen LogP contribution is -2.37. The second-order valence-electron chi connectivity index (χ2n) is 5.78. The molecule has 2 N–H and O–H groups in total. The molecule has 0 radical (unpaired) electrons. The largest absolute Gasteiger partial charge is 0.314 e. The molecule has 3 atom stereocenters. The molecule has 19 heavy (non-hydrogen) atoms. The first kappa shape index (κ1) is 14.5. The summed E-state index contributed by atoms with van der Waals surface area (Å²) >= 11 is 0. The van der Waals surface area contributed by atoms with Gasteiger partial charge in [-0.15, -0.1) is 0 Å². The van der Waals surface area contributed by atoms with Crippen LogP contribution in [0.4, 0.5) is 0 Å². The monoisotopic (exact) mass is 261 g/mol. The van der Waals surface area contributed by atoms with E-state index >= 15 is 0 Å². The van der Waals surface area contributed by atoms with Crippen molar-refractivity contribution in [2.24, 2.45) is 0 Å². The smallest absolute Gasteiger partial charge is 0.0570 e. The molecule has 106 valence electrons. The van der Waals surface area contributed by atoms with Crippen LogP contribution < -0.4 is 10.6 Å². The number of nitrogens with one attached hydrogen (secondary N) is 2. The van der Waals surface area contributed by atoms with Crippen molar-refractivity contribution in [3.05, 3.63) is 30.1 Å². The van der Waals surface area contributed by atoms with E-state index in [1.807, 2.05) is 12.3 Å². The lowest BCUT2D eigenvalue weighted by atomic mass is 10.0. The normalized spacial score (nSPS) is 23.6. The van der Waals surface area contributed by atoms with Gasteiger partial charge in [-0.2, -0.15) is 0 Å². The van der Waals surface area contributed by atoms with Gasteiger partial charge >= 0.3 is 0 Å². The molecule has 3 nitrogen and oxygen atoms in total. The van der Waals surface area contributed by atoms with E-state index in [2.05, 4.69) is 41.6 Å². The molecule has 1 saturated heterocycles. The van der Waals surface area contributed by atoms with E-state index in [1.54, 1.807) is 0 Å². The highest BCUT2D eigenvalue weighted by Crippen LogP contribution is 2.15. The maximum atomic E-state index is 4.42. The molecule has 0 aromatic carbocycles. The Balaban J connectivity index is 1.78. The Labute approximate surface area is 117 Å². The number of aromatic nitrogens is 1. The van der Waals surface area contributed by atoms with E-state index in [1.165, 1.54) is 38.6 Å². The minimum atomic E-state index is 0.321. The van der Waals surface area contributed by atoms with Gasteiger partial charge in [0.25, 0.3) is 0 Å². The van der Waals surface area contributed by atoms with Gasteiger partial charge in [0.1, 0.15) is 0 Å². The molecule has 1 aromatic rings. The first-order chi connectivity index (χ1) is 9.25. The highest BCUT2D eigenvalue weighted by atomic mass is 15.0. The summed E-state index contributed by atoms with van der Waals surface area (Å²) in [5, 5.41) is 7.33. The molecule has 1 fully saturated rings. The minimum absolute atomic E-state index is 0.321. The van der Waals surface area contributed by atoms with Crippen molar-refractivity contribution in [3.8, 4) is 0 Å². The quantitative estimate of drug-likeness (QED) is 0.855. The van der Waals surface area contributed by atoms with Crippen molar-refractivity contribution >= 4 is 0 Å². The average Bonchev–Trinajstić information content (AvgIpc) is 2.68. The summed E-state index contributed by atoms with van der Waals surface area (Å²) in [5.74, 6) is 0. The number of pyridine rings is 1. The molecule has 1 aliphatic rings. The van der Waals surface area contributed by atoms with E-state index in [9.17, 15) is 0 Å². The summed E-state index contributed by atoms with van der Waals surface area (Å²) in [7, 11) is 0. The molecule has 2 heterocycles. The van der Waals surface area contributed by atoms with E-state index in [0.29, 0.717) is 18.1 Å². The Hall–Kier alpha value is -0.930. The van der Waals surface area contributed by atoms with Gasteiger partial charge in [-0.25, -0.2) is 0 Å². The van der Waals surface area contributed by atoms with Gasteiger partial charge in [0, 0.05) is 24.3 Å². The van der Waals surface area contributed by atoms with Gasteiger partial charge in [0.2, 0.25) is 0 Å². The van der Waals surface area contributed by atoms with Crippen LogP contribution in [0, 0.1) is 0 Å². The molecule has 0 saturated carbocycles. The Kier molecular flexibility index (Phi) is 5.80. The zero-order valence-electron chi connectivity index (χ0n) is 12.2. The molecule has 0 aliphatic carbocycles. The van der Waals surface area contributed by atoms with E-state index in [-0.39, 0.29) is 0 Å². The molecular weight excluding hydrogens is 234 g/mol. The number of nitrogens with zero attached hydrogens (tertiary/aromatic N) is 1. The van der Waals surface area contributed by atoms with E-state index < -0.39 is 0 Å². The van der Waals surface area contributed by atoms with Gasteiger partial charge in [-0.3, -0.25) is 4.98 Å². The van der Waals surface area contributed by atoms with Crippen LogP contribution in [0.3, 0.4) is 0 Å². The van der Waals surface area contributed by atoms with Crippen molar-refractivity contribution < 1.29 is 0 Å². The topological polar surface area (TPSA) is 37.0 Å². The molecule has 1 aromatic heterocycles. The summed E-state index contributed by atoms with van der Waals surface area (Å²) < 4.78 is 0. The molecule has 3 heteroatoms. The Morgan fingerprint density at radius 3 is 3.00 bits per heavy atom. The number of rotatable bonds is 5. The maximum Gasteiger partial charge on any atom is 0.0570 e. The van der Waals surface area contributed by atoms with Crippen LogP contribution in [-0.4, -0.2) is 23.6 Å². The number of hydrogen-bond donors (Lipinski definition) is 2. The van der Waals surface area contributed by atoms with Crippen molar-refractivity contribution in [2.75, 3.05) is 6.54 Å². The molecule has 0 bridgehead atoms. The third-order valence-electron chi connectivity index (χ3n) is 3.97. The van der Waals surface area contributed by atoms with Crippen LogP contribution in [0.2, 0.25) is 0 Å². The SMILES string of the molecule is CC(CC1CCCCCN1)N[C@@H](C)c1ccccn1. The summed E-state index contributed by atoms with van der Waals surface area (Å²) in [6.07, 6.45) is 8.49. The fraction of sp³-hybridized carbons (Fsp3) is 0.688. The fourth-order valence-corrected chi connectivity index (χ4v) is 2.94. The maximum absolute atomic E-state index is 4.42. The lowest BCUT2D eigenvalue weighted by molar-refractivity contribution is 0.378. The Morgan fingerprint density at radius 2 is 2.21 bits per heavy atom. The van der Waals surface area contributed by atoms with Crippen LogP contribution in [0.15, 0.2) is 24.4 Å². The predicted octanol–water partition coefficient (Wildman–Crippen LogP) is 3.04. The van der Waals surface area contributed by atoms with Gasteiger partial charge in [0.15, 0.2) is 0 Å². The highest BCUT2D eigenvalue weighted by molar-refractivity contribution is 5.07. The van der Waals surface area contributed by atoms with Gasteiger partial charge in [-0.05, 0) is 51.8 Å². The van der Waals surface area contributed by atoms with Crippen LogP contribution in [0.1, 0.15) is 57.7 Å². The van der Waals surface area contributed by atoms with E-state index in [0.717, 1.165) is 5.69 Å². The first-order valence-corrected chi connectivity index (χ1v) is 7.66. The molecule has 2 rings (SSSR count). The standard InChI is InChI=1S/C16H27N3/c1-13(12-15-8-4-3-6-10-17-15)19-14(2)16-9-5-7-11-18-16/h5,7,9,11,13-15,17,19H,3-4,6,8,10,12H2,1-2H3/t13?,14-,15?/m0/s1. The average molecular weight is 261 g/mol. The Morgan fingerprint density at radius 1 is 1.32 bits per heavy atom. The van der Waals surface area contributed by atoms with Crippen molar-refractivity contribution in [3.63, 3.8) is 0 Å². The zero-order valence-corrected chi connectivity index (χ0v) is 12.2. The van der Waals surface area contributed by atoms with Gasteiger partial charge in [-0.1, -0.05) is 18.9 Å². The first-order valence-electron chi connectivity index (χ1n) is 7.66. The van der Waals surface area contributed by atoms with Crippen molar-refractivity contribution in [1.82, 2.24) is 15.6 Å². The Bertz CT molecular complexity index is 344. The number of hydrogen-bond acceptors (Lipinski definition) is 3. The molecule has 0 amide bonds. The third-order valence-corrected chi connectivity index (χ3v) is 3.97. The van der Waals surface area contributed by atoms with Crippen LogP contribution in [0.5, 0.6) is 0 Å². The molecule has 2 unspecified atom stereocenters. The lowest BCUT2D eigenvalue weighted by Gasteiger charge is -2.24. The van der Waals surface area contributed by atoms with E-state index in [4.69, 9.17) is 0 Å². The fourth-order valence-electron chi connectivity index (χ4n) is 2.94. The minimum Gasteiger partial charge on any atom is -0.314 e. The van der Waals surface area contributed by atoms with Crippen LogP contribution in [-0.2, 0) is 0 Å².